The van der Waals surface area contributed by atoms with Gasteiger partial charge in [-0.05, 0) is 61.9 Å². The Morgan fingerprint density at radius 3 is 2.12 bits per heavy atom. The minimum atomic E-state index is -1.48. The van der Waals surface area contributed by atoms with Crippen molar-refractivity contribution >= 4 is 53.2 Å². The number of aliphatic hydroxyl groups is 1. The largest absolute Gasteiger partial charge is 0.387 e. The molecular weight excluding hydrogens is 879 g/mol. The number of rotatable bonds is 23. The second-order valence-electron chi connectivity index (χ2n) is 17.2. The first-order valence-corrected chi connectivity index (χ1v) is 21.7. The maximum atomic E-state index is 15.1. The summed E-state index contributed by atoms with van der Waals surface area (Å²) in [4.78, 5) is 119. The molecule has 3 aromatic rings. The number of carbonyl (C=O) groups is 9. The summed E-state index contributed by atoms with van der Waals surface area (Å²) in [5.74, 6) is -8.12. The standard InChI is InChI=1S/C46H58F2N8O11/c1-27(51-37(59)13-9-14-41(63)67-56-38(60)17-18-39(56)61)43(64)52-28(2)44(65)53-34(23-36(49)58)45(66)50-19-10-20-55(40(62)26-57)42(46(3,4)5)35-21-30(32-22-31(47)15-16-33(32)48)25-54(35)24-29-11-7-6-8-12-29/h6-8,11-12,15-16,21-22,25,27-28,34,42,57H,9-10,13-14,17-20,23-24,26H2,1-5H3,(H2,49,58)(H,50,66)(H,51,59)(H,52,64)(H,53,65)/t27-,28+,34-,42-/m0/s1. The van der Waals surface area contributed by atoms with Gasteiger partial charge in [-0.3, -0.25) is 38.4 Å². The summed E-state index contributed by atoms with van der Waals surface area (Å²) in [6.07, 6.45) is 0.506. The van der Waals surface area contributed by atoms with E-state index in [0.717, 1.165) is 23.8 Å². The molecule has 362 valence electrons. The van der Waals surface area contributed by atoms with Crippen LogP contribution in [0.2, 0.25) is 0 Å². The Kier molecular flexibility index (Phi) is 18.8. The Balaban J connectivity index is 1.37. The van der Waals surface area contributed by atoms with Crippen LogP contribution in [0.25, 0.3) is 11.1 Å². The average molecular weight is 937 g/mol. The van der Waals surface area contributed by atoms with Crippen LogP contribution in [0.15, 0.2) is 60.8 Å². The number of aliphatic hydroxyl groups excluding tert-OH is 1. The van der Waals surface area contributed by atoms with Gasteiger partial charge in [-0.2, -0.15) is 0 Å². The van der Waals surface area contributed by atoms with Crippen LogP contribution in [0.3, 0.4) is 0 Å². The molecule has 1 fully saturated rings. The van der Waals surface area contributed by atoms with E-state index in [1.165, 1.54) is 18.7 Å². The molecule has 2 aromatic carbocycles. The van der Waals surface area contributed by atoms with Crippen LogP contribution in [0.1, 0.15) is 96.9 Å². The highest BCUT2D eigenvalue weighted by atomic mass is 19.1. The lowest BCUT2D eigenvalue weighted by Crippen LogP contribution is -2.56. The third-order valence-corrected chi connectivity index (χ3v) is 10.7. The first-order chi connectivity index (χ1) is 31.6. The number of nitrogens with one attached hydrogen (secondary N) is 4. The molecule has 19 nitrogen and oxygen atoms in total. The monoisotopic (exact) mass is 936 g/mol. The molecule has 8 amide bonds. The molecule has 0 bridgehead atoms. The van der Waals surface area contributed by atoms with Crippen LogP contribution in [-0.4, -0.2) is 111 Å². The predicted octanol–water partition coefficient (Wildman–Crippen LogP) is 2.04. The van der Waals surface area contributed by atoms with E-state index in [1.807, 2.05) is 55.7 Å². The first-order valence-electron chi connectivity index (χ1n) is 21.7. The molecule has 4 atom stereocenters. The van der Waals surface area contributed by atoms with Gasteiger partial charge in [0.2, 0.25) is 35.4 Å². The fourth-order valence-electron chi connectivity index (χ4n) is 7.37. The normalized spacial score (nSPS) is 14.4. The molecule has 0 saturated carbocycles. The molecule has 4 rings (SSSR count). The molecule has 2 heterocycles. The summed E-state index contributed by atoms with van der Waals surface area (Å²) in [6, 6.07) is 9.54. The summed E-state index contributed by atoms with van der Waals surface area (Å²) in [5, 5.41) is 20.4. The van der Waals surface area contributed by atoms with E-state index in [-0.39, 0.29) is 57.2 Å². The fraction of sp³-hybridized carbons (Fsp3) is 0.457. The summed E-state index contributed by atoms with van der Waals surface area (Å²) in [6.45, 7) is 7.64. The van der Waals surface area contributed by atoms with Gasteiger partial charge in [0.1, 0.15) is 36.4 Å². The van der Waals surface area contributed by atoms with Crippen LogP contribution in [-0.2, 0) is 54.5 Å². The van der Waals surface area contributed by atoms with Crippen molar-refractivity contribution in [1.82, 2.24) is 35.8 Å². The van der Waals surface area contributed by atoms with Crippen molar-refractivity contribution in [2.75, 3.05) is 19.7 Å². The van der Waals surface area contributed by atoms with Crippen molar-refractivity contribution in [2.24, 2.45) is 11.1 Å². The average Bonchev–Trinajstić information content (AvgIpc) is 3.81. The molecule has 7 N–H and O–H groups in total. The number of hydrogen-bond donors (Lipinski definition) is 6. The quantitative estimate of drug-likeness (QED) is 0.0592. The van der Waals surface area contributed by atoms with E-state index >= 15 is 4.39 Å². The number of amides is 8. The van der Waals surface area contributed by atoms with Crippen molar-refractivity contribution in [3.63, 3.8) is 0 Å². The maximum Gasteiger partial charge on any atom is 0.333 e. The van der Waals surface area contributed by atoms with E-state index in [1.54, 1.807) is 12.3 Å². The molecular formula is C46H58F2N8O11. The van der Waals surface area contributed by atoms with Crippen LogP contribution in [0.5, 0.6) is 0 Å². The summed E-state index contributed by atoms with van der Waals surface area (Å²) in [5.41, 5.74) is 6.52. The second kappa shape index (κ2) is 23.9. The summed E-state index contributed by atoms with van der Waals surface area (Å²) in [7, 11) is 0. The third-order valence-electron chi connectivity index (χ3n) is 10.7. The predicted molar refractivity (Wildman–Crippen MR) is 236 cm³/mol. The van der Waals surface area contributed by atoms with Crippen molar-refractivity contribution in [1.29, 1.82) is 0 Å². The van der Waals surface area contributed by atoms with E-state index in [0.29, 0.717) is 22.9 Å². The van der Waals surface area contributed by atoms with E-state index in [9.17, 15) is 52.6 Å². The van der Waals surface area contributed by atoms with Gasteiger partial charge in [0.25, 0.3) is 11.8 Å². The highest BCUT2D eigenvalue weighted by Crippen LogP contribution is 2.41. The Hall–Kier alpha value is -7.03. The zero-order valence-corrected chi connectivity index (χ0v) is 38.1. The van der Waals surface area contributed by atoms with Crippen molar-refractivity contribution in [2.45, 2.75) is 110 Å². The molecule has 1 saturated heterocycles. The summed E-state index contributed by atoms with van der Waals surface area (Å²) < 4.78 is 31.3. The molecule has 1 aromatic heterocycles. The smallest absolute Gasteiger partial charge is 0.333 e. The highest BCUT2D eigenvalue weighted by Gasteiger charge is 2.37. The molecule has 0 aliphatic carbocycles. The van der Waals surface area contributed by atoms with Gasteiger partial charge < -0.3 is 46.4 Å². The van der Waals surface area contributed by atoms with Crippen LogP contribution >= 0.6 is 0 Å². The van der Waals surface area contributed by atoms with Gasteiger partial charge in [-0.25, -0.2) is 13.6 Å². The molecule has 0 unspecified atom stereocenters. The van der Waals surface area contributed by atoms with Crippen LogP contribution in [0, 0.1) is 17.0 Å². The number of halogens is 2. The zero-order valence-electron chi connectivity index (χ0n) is 38.1. The zero-order chi connectivity index (χ0) is 49.6. The maximum absolute atomic E-state index is 15.1. The van der Waals surface area contributed by atoms with Gasteiger partial charge in [-0.15, -0.1) is 5.06 Å². The molecule has 21 heteroatoms. The van der Waals surface area contributed by atoms with Gasteiger partial charge in [0.05, 0.1) is 12.5 Å². The van der Waals surface area contributed by atoms with Gasteiger partial charge in [0.15, 0.2) is 0 Å². The van der Waals surface area contributed by atoms with Crippen molar-refractivity contribution in [3.05, 3.63) is 83.7 Å². The SMILES string of the molecule is C[C@H](NC(=O)CCCC(=O)ON1C(=O)CCC1=O)C(=O)N[C@H](C)C(=O)N[C@@H](CC(N)=O)C(=O)NCCCN(C(=O)CO)[C@@H](c1cc(-c2cc(F)ccc2F)cn1Cc1ccccc1)C(C)(C)C. The summed E-state index contributed by atoms with van der Waals surface area (Å²) >= 11 is 0. The number of benzene rings is 2. The lowest BCUT2D eigenvalue weighted by atomic mass is 9.83. The van der Waals surface area contributed by atoms with Crippen LogP contribution in [0.4, 0.5) is 8.78 Å². The second-order valence-corrected chi connectivity index (χ2v) is 17.2. The number of imide groups is 1. The highest BCUT2D eigenvalue weighted by molar-refractivity contribution is 6.01. The molecule has 1 aliphatic rings. The fourth-order valence-corrected chi connectivity index (χ4v) is 7.37. The van der Waals surface area contributed by atoms with E-state index in [4.69, 9.17) is 10.6 Å². The molecule has 1 aliphatic heterocycles. The van der Waals surface area contributed by atoms with Crippen molar-refractivity contribution in [3.8, 4) is 11.1 Å². The van der Waals surface area contributed by atoms with Gasteiger partial charge in [0, 0.05) is 68.3 Å². The van der Waals surface area contributed by atoms with Gasteiger partial charge >= 0.3 is 5.97 Å². The number of nitrogens with two attached hydrogens (primary N) is 1. The van der Waals surface area contributed by atoms with Gasteiger partial charge in [-0.1, -0.05) is 51.1 Å². The lowest BCUT2D eigenvalue weighted by Gasteiger charge is -2.41. The minimum Gasteiger partial charge on any atom is -0.387 e. The molecule has 67 heavy (non-hydrogen) atoms. The van der Waals surface area contributed by atoms with E-state index < -0.39 is 107 Å². The van der Waals surface area contributed by atoms with Crippen LogP contribution < -0.4 is 27.0 Å². The minimum absolute atomic E-state index is 0.0119. The Labute approximate surface area is 386 Å². The number of primary amides is 1. The number of hydroxylamine groups is 2. The topological polar surface area (TPSA) is 269 Å². The number of carbonyl (C=O) groups excluding carboxylic acids is 9. The third kappa shape index (κ3) is 15.3. The number of hydrogen-bond acceptors (Lipinski definition) is 11. The Morgan fingerprint density at radius 1 is 0.851 bits per heavy atom. The molecule has 0 spiro atoms. The number of aromatic nitrogens is 1. The first kappa shape index (κ1) is 52.6. The lowest BCUT2D eigenvalue weighted by molar-refractivity contribution is -0.197. The molecule has 0 radical (unpaired) electrons. The number of nitrogens with zero attached hydrogens (tertiary/aromatic N) is 3. The van der Waals surface area contributed by atoms with E-state index in [2.05, 4.69) is 21.3 Å². The van der Waals surface area contributed by atoms with Crippen molar-refractivity contribution < 1.29 is 61.9 Å². The Bertz CT molecular complexity index is 2300. The Morgan fingerprint density at radius 2 is 1.49 bits per heavy atom.